The van der Waals surface area contributed by atoms with E-state index < -0.39 is 41.8 Å². The number of carbonyl (C=O) groups is 3. The molecule has 0 bridgehead atoms. The van der Waals surface area contributed by atoms with Gasteiger partial charge in [-0.2, -0.15) is 0 Å². The first-order chi connectivity index (χ1) is 11.5. The van der Waals surface area contributed by atoms with Crippen molar-refractivity contribution in [3.05, 3.63) is 0 Å². The van der Waals surface area contributed by atoms with Crippen molar-refractivity contribution >= 4 is 17.9 Å². The molecule has 0 rings (SSSR count). The summed E-state index contributed by atoms with van der Waals surface area (Å²) in [5, 5.41) is 37.4. The van der Waals surface area contributed by atoms with Crippen molar-refractivity contribution in [2.24, 2.45) is 29.6 Å². The van der Waals surface area contributed by atoms with Gasteiger partial charge in [0.1, 0.15) is 0 Å². The second-order valence-corrected chi connectivity index (χ2v) is 7.00. The molecule has 0 aliphatic heterocycles. The average molecular weight is 362 g/mol. The minimum atomic E-state index is -1.56. The molecule has 0 spiro atoms. The Morgan fingerprint density at radius 2 is 1.32 bits per heavy atom. The largest absolute Gasteiger partial charge is 0.481 e. The predicted octanol–water partition coefficient (Wildman–Crippen LogP) is 1.56. The molecule has 4 unspecified atom stereocenters. The van der Waals surface area contributed by atoms with Crippen LogP contribution in [0, 0.1) is 29.6 Å². The van der Waals surface area contributed by atoms with Crippen molar-refractivity contribution in [3.63, 3.8) is 0 Å². The molecule has 8 nitrogen and oxygen atoms in total. The van der Waals surface area contributed by atoms with Crippen molar-refractivity contribution in [1.82, 2.24) is 0 Å². The first-order valence-electron chi connectivity index (χ1n) is 8.43. The monoisotopic (exact) mass is 362 g/mol. The number of carboxylic acids is 3. The molecule has 0 saturated heterocycles. The van der Waals surface area contributed by atoms with E-state index in [0.29, 0.717) is 0 Å². The van der Waals surface area contributed by atoms with E-state index in [1.165, 1.54) is 0 Å². The summed E-state index contributed by atoms with van der Waals surface area (Å²) in [6.07, 6.45) is -0.658. The van der Waals surface area contributed by atoms with Crippen LogP contribution in [0.25, 0.3) is 0 Å². The van der Waals surface area contributed by atoms with Gasteiger partial charge in [0.05, 0.1) is 37.1 Å². The Morgan fingerprint density at radius 1 is 0.840 bits per heavy atom. The van der Waals surface area contributed by atoms with Crippen molar-refractivity contribution < 1.29 is 39.5 Å². The summed E-state index contributed by atoms with van der Waals surface area (Å²) in [6.45, 7) is 6.85. The fourth-order valence-corrected chi connectivity index (χ4v) is 2.92. The summed E-state index contributed by atoms with van der Waals surface area (Å²) in [5.74, 6) is -8.58. The molecule has 0 amide bonds. The Morgan fingerprint density at radius 3 is 1.64 bits per heavy atom. The van der Waals surface area contributed by atoms with E-state index in [1.54, 1.807) is 27.7 Å². The molecular formula is C17H30O8. The Balaban J connectivity index is 5.66. The molecule has 8 heteroatoms. The topological polar surface area (TPSA) is 141 Å². The highest BCUT2D eigenvalue weighted by Gasteiger charge is 2.44. The minimum absolute atomic E-state index is 0.00127. The Kier molecular flexibility index (Phi) is 10.3. The zero-order chi connectivity index (χ0) is 19.7. The van der Waals surface area contributed by atoms with Gasteiger partial charge in [-0.3, -0.25) is 14.4 Å². The molecule has 0 aromatic heterocycles. The molecule has 0 aliphatic carbocycles. The number of rotatable bonds is 13. The summed E-state index contributed by atoms with van der Waals surface area (Å²) in [5.41, 5.74) is 0. The fraction of sp³-hybridized carbons (Fsp3) is 0.824. The van der Waals surface area contributed by atoms with Gasteiger partial charge in [0.2, 0.25) is 0 Å². The third-order valence-corrected chi connectivity index (χ3v) is 4.16. The molecule has 0 fully saturated rings. The molecule has 4 N–H and O–H groups in total. The molecule has 0 aromatic carbocycles. The maximum absolute atomic E-state index is 11.7. The second-order valence-electron chi connectivity index (χ2n) is 7.00. The highest BCUT2D eigenvalue weighted by atomic mass is 16.5. The van der Waals surface area contributed by atoms with Gasteiger partial charge >= 0.3 is 17.9 Å². The number of ether oxygens (including phenoxy) is 1. The highest BCUT2D eigenvalue weighted by molar-refractivity contribution is 5.85. The standard InChI is InChI=1S/C17H30O8/c1-9(2)7-11(15(19)20)14(17(23)24)12(16(21)22)8-13(10(3)4)25-6-5-18/h9-14,18H,5-8H2,1-4H3,(H,19,20)(H,21,22)(H,23,24). The SMILES string of the molecule is CC(C)CC(C(=O)O)C(C(=O)O)C(CC(OCCO)C(C)C)C(=O)O. The van der Waals surface area contributed by atoms with Crippen LogP contribution in [0.15, 0.2) is 0 Å². The van der Waals surface area contributed by atoms with Gasteiger partial charge in [-0.15, -0.1) is 0 Å². The van der Waals surface area contributed by atoms with E-state index in [4.69, 9.17) is 9.84 Å². The summed E-state index contributed by atoms with van der Waals surface area (Å²) in [4.78, 5) is 35.0. The lowest BCUT2D eigenvalue weighted by molar-refractivity contribution is -0.164. The summed E-state index contributed by atoms with van der Waals surface area (Å²) >= 11 is 0. The maximum atomic E-state index is 11.7. The number of carboxylic acid groups (broad SMARTS) is 3. The van der Waals surface area contributed by atoms with Crippen LogP contribution >= 0.6 is 0 Å². The van der Waals surface area contributed by atoms with Crippen LogP contribution in [0.1, 0.15) is 40.5 Å². The summed E-state index contributed by atoms with van der Waals surface area (Å²) < 4.78 is 5.43. The number of aliphatic hydroxyl groups excluding tert-OH is 1. The predicted molar refractivity (Wildman–Crippen MR) is 89.1 cm³/mol. The van der Waals surface area contributed by atoms with E-state index in [2.05, 4.69) is 0 Å². The number of aliphatic hydroxyl groups is 1. The second kappa shape index (κ2) is 11.0. The van der Waals surface area contributed by atoms with Gasteiger partial charge in [-0.25, -0.2) is 0 Å². The van der Waals surface area contributed by atoms with Crippen molar-refractivity contribution in [2.45, 2.75) is 46.6 Å². The van der Waals surface area contributed by atoms with E-state index in [-0.39, 0.29) is 37.9 Å². The third-order valence-electron chi connectivity index (χ3n) is 4.16. The van der Waals surface area contributed by atoms with Gasteiger partial charge in [-0.1, -0.05) is 27.7 Å². The maximum Gasteiger partial charge on any atom is 0.308 e. The molecule has 146 valence electrons. The highest BCUT2D eigenvalue weighted by Crippen LogP contribution is 2.32. The van der Waals surface area contributed by atoms with E-state index >= 15 is 0 Å². The molecule has 0 aliphatic rings. The first-order valence-corrected chi connectivity index (χ1v) is 8.43. The third kappa shape index (κ3) is 7.83. The lowest BCUT2D eigenvalue weighted by atomic mass is 9.74. The molecule has 0 aromatic rings. The lowest BCUT2D eigenvalue weighted by Crippen LogP contribution is -2.42. The van der Waals surface area contributed by atoms with Crippen LogP contribution in [0.5, 0.6) is 0 Å². The minimum Gasteiger partial charge on any atom is -0.481 e. The van der Waals surface area contributed by atoms with Gasteiger partial charge < -0.3 is 25.2 Å². The number of aliphatic carboxylic acids is 3. The molecule has 4 atom stereocenters. The van der Waals surface area contributed by atoms with Gasteiger partial charge in [0.15, 0.2) is 0 Å². The van der Waals surface area contributed by atoms with Gasteiger partial charge in [0, 0.05) is 0 Å². The molecule has 0 heterocycles. The van der Waals surface area contributed by atoms with Crippen LogP contribution in [0.3, 0.4) is 0 Å². The van der Waals surface area contributed by atoms with E-state index in [1.807, 2.05) is 0 Å². The van der Waals surface area contributed by atoms with Crippen LogP contribution in [-0.4, -0.2) is 57.7 Å². The quantitative estimate of drug-likeness (QED) is 0.387. The average Bonchev–Trinajstić information content (AvgIpc) is 2.47. The zero-order valence-electron chi connectivity index (χ0n) is 15.2. The Labute approximate surface area is 147 Å². The Bertz CT molecular complexity index is 446. The van der Waals surface area contributed by atoms with Crippen LogP contribution in [-0.2, 0) is 19.1 Å². The van der Waals surface area contributed by atoms with E-state index in [0.717, 1.165) is 0 Å². The molecule has 25 heavy (non-hydrogen) atoms. The number of hydrogen-bond acceptors (Lipinski definition) is 5. The Hall–Kier alpha value is -1.67. The fourth-order valence-electron chi connectivity index (χ4n) is 2.92. The molecule has 0 radical (unpaired) electrons. The molecular weight excluding hydrogens is 332 g/mol. The smallest absolute Gasteiger partial charge is 0.308 e. The summed E-state index contributed by atoms with van der Waals surface area (Å²) in [6, 6.07) is 0. The summed E-state index contributed by atoms with van der Waals surface area (Å²) in [7, 11) is 0. The van der Waals surface area contributed by atoms with Crippen LogP contribution in [0.4, 0.5) is 0 Å². The van der Waals surface area contributed by atoms with Crippen molar-refractivity contribution in [3.8, 4) is 0 Å². The normalized spacial score (nSPS) is 16.4. The lowest BCUT2D eigenvalue weighted by Gasteiger charge is -2.30. The van der Waals surface area contributed by atoms with E-state index in [9.17, 15) is 29.7 Å². The van der Waals surface area contributed by atoms with Gasteiger partial charge in [0.25, 0.3) is 0 Å². The van der Waals surface area contributed by atoms with Crippen molar-refractivity contribution in [1.29, 1.82) is 0 Å². The van der Waals surface area contributed by atoms with Crippen LogP contribution < -0.4 is 0 Å². The molecule has 0 saturated carbocycles. The number of hydrogen-bond donors (Lipinski definition) is 4. The first kappa shape index (κ1) is 23.3. The zero-order valence-corrected chi connectivity index (χ0v) is 15.2. The van der Waals surface area contributed by atoms with Crippen LogP contribution in [0.2, 0.25) is 0 Å². The van der Waals surface area contributed by atoms with Gasteiger partial charge in [-0.05, 0) is 24.7 Å². The van der Waals surface area contributed by atoms with Crippen molar-refractivity contribution in [2.75, 3.05) is 13.2 Å².